The van der Waals surface area contributed by atoms with E-state index < -0.39 is 0 Å². The van der Waals surface area contributed by atoms with E-state index in [1.165, 1.54) is 0 Å². The second-order valence-electron chi connectivity index (χ2n) is 3.66. The molecule has 0 unspecified atom stereocenters. The predicted molar refractivity (Wildman–Crippen MR) is 61.7 cm³/mol. The topological polar surface area (TPSA) is 28.7 Å². The monoisotopic (exact) mass is 296 g/mol. The Kier molecular flexibility index (Phi) is 3.09. The average Bonchev–Trinajstić information content (AvgIpc) is 2.07. The molecule has 1 N–H and O–H groups in total. The van der Waals surface area contributed by atoms with Crippen LogP contribution in [0.3, 0.4) is 0 Å². The lowest BCUT2D eigenvalue weighted by Crippen LogP contribution is -2.07. The number of nitrogens with zero attached hydrogens (tertiary/aromatic N) is 1. The van der Waals surface area contributed by atoms with E-state index in [2.05, 4.69) is 53.3 Å². The van der Waals surface area contributed by atoms with Crippen molar-refractivity contribution in [1.82, 2.24) is 9.97 Å². The Morgan fingerprint density at radius 3 is 2.33 bits per heavy atom. The van der Waals surface area contributed by atoms with Crippen LogP contribution < -0.4 is 0 Å². The van der Waals surface area contributed by atoms with Crippen LogP contribution in [0.4, 0.5) is 0 Å². The number of hydrogen-bond acceptors (Lipinski definition) is 2. The number of aryl methyl sites for hydroxylation is 1. The molecule has 1 heterocycles. The molecule has 1 rings (SSSR count). The second kappa shape index (κ2) is 3.57. The molecule has 0 saturated heterocycles. The van der Waals surface area contributed by atoms with E-state index in [1.807, 2.05) is 6.92 Å². The standard InChI is InChI=1S/C8H13IN2S/c1-5-6(9)11-7(10-5)12-8(2,3)4/h1-4H3,(H,10,11). The van der Waals surface area contributed by atoms with Gasteiger partial charge < -0.3 is 4.98 Å². The van der Waals surface area contributed by atoms with Crippen molar-refractivity contribution in [3.05, 3.63) is 9.39 Å². The molecule has 0 saturated carbocycles. The molecule has 0 radical (unpaired) electrons. The van der Waals surface area contributed by atoms with Gasteiger partial charge in [-0.1, -0.05) is 32.5 Å². The van der Waals surface area contributed by atoms with Crippen LogP contribution >= 0.6 is 34.4 Å². The summed E-state index contributed by atoms with van der Waals surface area (Å²) in [5.74, 6) is 0. The van der Waals surface area contributed by atoms with E-state index in [0.29, 0.717) is 0 Å². The first-order chi connectivity index (χ1) is 5.38. The molecule has 0 spiro atoms. The number of thioether (sulfide) groups is 1. The first kappa shape index (κ1) is 10.4. The quantitative estimate of drug-likeness (QED) is 0.637. The molecule has 0 bridgehead atoms. The van der Waals surface area contributed by atoms with Gasteiger partial charge in [0.1, 0.15) is 3.70 Å². The summed E-state index contributed by atoms with van der Waals surface area (Å²) in [6.07, 6.45) is 0. The van der Waals surface area contributed by atoms with Gasteiger partial charge in [-0.25, -0.2) is 4.98 Å². The van der Waals surface area contributed by atoms with Crippen LogP contribution in [0, 0.1) is 10.6 Å². The van der Waals surface area contributed by atoms with Crippen LogP contribution in [0.5, 0.6) is 0 Å². The fourth-order valence-corrected chi connectivity index (χ4v) is 2.23. The average molecular weight is 296 g/mol. The Hall–Kier alpha value is 0.290. The van der Waals surface area contributed by atoms with Crippen LogP contribution in [0.1, 0.15) is 26.5 Å². The smallest absolute Gasteiger partial charge is 0.166 e. The number of nitrogens with one attached hydrogen (secondary N) is 1. The molecule has 0 amide bonds. The molecule has 0 aliphatic heterocycles. The fourth-order valence-electron chi connectivity index (χ4n) is 0.752. The number of halogens is 1. The van der Waals surface area contributed by atoms with Crippen molar-refractivity contribution in [2.24, 2.45) is 0 Å². The van der Waals surface area contributed by atoms with Gasteiger partial charge in [0.25, 0.3) is 0 Å². The lowest BCUT2D eigenvalue weighted by Gasteiger charge is -2.14. The molecule has 0 aromatic carbocycles. The largest absolute Gasteiger partial charge is 0.328 e. The minimum atomic E-state index is 0.230. The summed E-state index contributed by atoms with van der Waals surface area (Å²) in [6, 6.07) is 0. The molecule has 0 fully saturated rings. The normalized spacial score (nSPS) is 12.1. The van der Waals surface area contributed by atoms with Crippen molar-refractivity contribution in [3.63, 3.8) is 0 Å². The first-order valence-electron chi connectivity index (χ1n) is 3.79. The van der Waals surface area contributed by atoms with Crippen molar-refractivity contribution < 1.29 is 0 Å². The van der Waals surface area contributed by atoms with Gasteiger partial charge in [-0.3, -0.25) is 0 Å². The molecular weight excluding hydrogens is 283 g/mol. The first-order valence-corrected chi connectivity index (χ1v) is 5.69. The predicted octanol–water partition coefficient (Wildman–Crippen LogP) is 3.21. The molecule has 4 heteroatoms. The van der Waals surface area contributed by atoms with Crippen molar-refractivity contribution >= 4 is 34.4 Å². The van der Waals surface area contributed by atoms with Crippen LogP contribution in [-0.2, 0) is 0 Å². The van der Waals surface area contributed by atoms with Crippen LogP contribution in [0.2, 0.25) is 0 Å². The van der Waals surface area contributed by atoms with Gasteiger partial charge in [0.15, 0.2) is 5.16 Å². The van der Waals surface area contributed by atoms with E-state index in [4.69, 9.17) is 0 Å². The highest BCUT2D eigenvalue weighted by atomic mass is 127. The van der Waals surface area contributed by atoms with Gasteiger partial charge in [0, 0.05) is 4.75 Å². The Labute approximate surface area is 91.1 Å². The Balaban J connectivity index is 2.77. The lowest BCUT2D eigenvalue weighted by atomic mass is 10.3. The zero-order valence-corrected chi connectivity index (χ0v) is 10.7. The van der Waals surface area contributed by atoms with E-state index in [9.17, 15) is 0 Å². The molecule has 2 nitrogen and oxygen atoms in total. The van der Waals surface area contributed by atoms with Crippen molar-refractivity contribution in [2.45, 2.75) is 37.6 Å². The highest BCUT2D eigenvalue weighted by Crippen LogP contribution is 2.30. The van der Waals surface area contributed by atoms with Gasteiger partial charge in [-0.15, -0.1) is 0 Å². The summed E-state index contributed by atoms with van der Waals surface area (Å²) in [4.78, 5) is 7.63. The molecule has 0 aliphatic rings. The number of hydrogen-bond donors (Lipinski definition) is 1. The Bertz CT molecular complexity index is 256. The van der Waals surface area contributed by atoms with Gasteiger partial charge in [-0.05, 0) is 29.5 Å². The molecule has 1 aromatic rings. The van der Waals surface area contributed by atoms with Crippen molar-refractivity contribution in [3.8, 4) is 0 Å². The minimum absolute atomic E-state index is 0.230. The highest BCUT2D eigenvalue weighted by Gasteiger charge is 2.15. The third-order valence-electron chi connectivity index (χ3n) is 1.21. The van der Waals surface area contributed by atoms with Gasteiger partial charge in [-0.2, -0.15) is 0 Å². The molecule has 68 valence electrons. The fraction of sp³-hybridized carbons (Fsp3) is 0.625. The number of aromatic nitrogens is 2. The van der Waals surface area contributed by atoms with E-state index in [-0.39, 0.29) is 4.75 Å². The summed E-state index contributed by atoms with van der Waals surface area (Å²) < 4.78 is 1.37. The van der Waals surface area contributed by atoms with E-state index >= 15 is 0 Å². The molecule has 0 aliphatic carbocycles. The maximum absolute atomic E-state index is 4.40. The number of rotatable bonds is 1. The third kappa shape index (κ3) is 2.97. The molecule has 0 atom stereocenters. The van der Waals surface area contributed by atoms with Crippen molar-refractivity contribution in [2.75, 3.05) is 0 Å². The van der Waals surface area contributed by atoms with Crippen LogP contribution in [0.25, 0.3) is 0 Å². The maximum Gasteiger partial charge on any atom is 0.166 e. The lowest BCUT2D eigenvalue weighted by molar-refractivity contribution is 0.795. The minimum Gasteiger partial charge on any atom is -0.328 e. The van der Waals surface area contributed by atoms with E-state index in [0.717, 1.165) is 14.6 Å². The van der Waals surface area contributed by atoms with Crippen molar-refractivity contribution in [1.29, 1.82) is 0 Å². The van der Waals surface area contributed by atoms with E-state index in [1.54, 1.807) is 11.8 Å². The Morgan fingerprint density at radius 1 is 1.42 bits per heavy atom. The summed E-state index contributed by atoms with van der Waals surface area (Å²) in [5, 5.41) is 1.02. The van der Waals surface area contributed by atoms with Crippen LogP contribution in [0.15, 0.2) is 5.16 Å². The second-order valence-corrected chi connectivity index (χ2v) is 6.55. The van der Waals surface area contributed by atoms with Gasteiger partial charge in [0.05, 0.1) is 5.69 Å². The summed E-state index contributed by atoms with van der Waals surface area (Å²) in [7, 11) is 0. The molecule has 1 aromatic heterocycles. The summed E-state index contributed by atoms with van der Waals surface area (Å²) in [6.45, 7) is 8.57. The SMILES string of the molecule is Cc1nc(SC(C)(C)C)[nH]c1I. The van der Waals surface area contributed by atoms with Crippen LogP contribution in [-0.4, -0.2) is 14.7 Å². The number of imidazole rings is 1. The highest BCUT2D eigenvalue weighted by molar-refractivity contribution is 14.1. The number of aromatic amines is 1. The zero-order chi connectivity index (χ0) is 9.35. The van der Waals surface area contributed by atoms with Gasteiger partial charge >= 0.3 is 0 Å². The number of H-pyrrole nitrogens is 1. The maximum atomic E-state index is 4.40. The molecule has 12 heavy (non-hydrogen) atoms. The Morgan fingerprint density at radius 2 is 2.00 bits per heavy atom. The zero-order valence-electron chi connectivity index (χ0n) is 7.73. The third-order valence-corrected chi connectivity index (χ3v) is 3.26. The molecular formula is C8H13IN2S. The summed E-state index contributed by atoms with van der Waals surface area (Å²) in [5.41, 5.74) is 1.09. The van der Waals surface area contributed by atoms with Gasteiger partial charge in [0.2, 0.25) is 0 Å². The summed E-state index contributed by atoms with van der Waals surface area (Å²) >= 11 is 4.03.